The van der Waals surface area contributed by atoms with Crippen LogP contribution in [0.3, 0.4) is 0 Å². The molecule has 1 aromatic rings. The summed E-state index contributed by atoms with van der Waals surface area (Å²) < 4.78 is 11.5. The third kappa shape index (κ3) is 5.03. The van der Waals surface area contributed by atoms with Crippen LogP contribution in [0.5, 0.6) is 0 Å². The maximum absolute atomic E-state index is 12.6. The van der Waals surface area contributed by atoms with Crippen molar-refractivity contribution in [2.75, 3.05) is 44.2 Å². The number of aromatic nitrogens is 1. The molecule has 4 heterocycles. The minimum atomic E-state index is -0.585. The Morgan fingerprint density at radius 3 is 2.59 bits per heavy atom. The van der Waals surface area contributed by atoms with E-state index in [9.17, 15) is 14.9 Å². The van der Waals surface area contributed by atoms with Gasteiger partial charge in [0.1, 0.15) is 11.9 Å². The molecule has 0 spiro atoms. The van der Waals surface area contributed by atoms with E-state index in [0.717, 1.165) is 29.7 Å². The molecule has 9 heteroatoms. The highest BCUT2D eigenvalue weighted by molar-refractivity contribution is 6.35. The third-order valence-corrected chi connectivity index (χ3v) is 6.87. The Morgan fingerprint density at radius 2 is 1.97 bits per heavy atom. The summed E-state index contributed by atoms with van der Waals surface area (Å²) in [5, 5.41) is 12.8. The molecule has 1 N–H and O–H groups in total. The topological polar surface area (TPSA) is 108 Å². The molecule has 0 radical (unpaired) electrons. The zero-order chi connectivity index (χ0) is 24.5. The molecule has 184 valence electrons. The van der Waals surface area contributed by atoms with E-state index in [1.807, 2.05) is 13.8 Å². The highest BCUT2D eigenvalue weighted by Crippen LogP contribution is 2.37. The van der Waals surface area contributed by atoms with Crippen LogP contribution in [-0.2, 0) is 32.1 Å². The van der Waals surface area contributed by atoms with E-state index >= 15 is 0 Å². The molecule has 2 amide bonds. The molecule has 2 fully saturated rings. The lowest BCUT2D eigenvalue weighted by atomic mass is 9.86. The van der Waals surface area contributed by atoms with E-state index in [2.05, 4.69) is 30.1 Å². The SMILES string of the molecule is CC(C)c1nc(N2CCN(C(=O)C(=O)NC[C@@H]3CCCO3)CC2)c(C#N)c2c1COC(C)(C)C2. The third-order valence-electron chi connectivity index (χ3n) is 6.87. The summed E-state index contributed by atoms with van der Waals surface area (Å²) in [7, 11) is 0. The maximum Gasteiger partial charge on any atom is 0.312 e. The average molecular weight is 470 g/mol. The van der Waals surface area contributed by atoms with E-state index in [0.29, 0.717) is 63.7 Å². The second-order valence-electron chi connectivity index (χ2n) is 10.3. The number of rotatable bonds is 4. The van der Waals surface area contributed by atoms with Crippen molar-refractivity contribution in [1.82, 2.24) is 15.2 Å². The van der Waals surface area contributed by atoms with Gasteiger partial charge in [-0.05, 0) is 38.2 Å². The van der Waals surface area contributed by atoms with Gasteiger partial charge in [0.25, 0.3) is 0 Å². The summed E-state index contributed by atoms with van der Waals surface area (Å²) in [6.07, 6.45) is 2.55. The molecule has 3 aliphatic heterocycles. The van der Waals surface area contributed by atoms with Crippen LogP contribution >= 0.6 is 0 Å². The maximum atomic E-state index is 12.6. The summed E-state index contributed by atoms with van der Waals surface area (Å²) in [5.74, 6) is -0.228. The first-order chi connectivity index (χ1) is 16.2. The molecule has 4 rings (SSSR count). The lowest BCUT2D eigenvalue weighted by molar-refractivity contribution is -0.146. The number of carbonyl (C=O) groups is 2. The van der Waals surface area contributed by atoms with E-state index < -0.39 is 11.8 Å². The number of amides is 2. The summed E-state index contributed by atoms with van der Waals surface area (Å²) in [5.41, 5.74) is 3.29. The van der Waals surface area contributed by atoms with Crippen LogP contribution in [0, 0.1) is 11.3 Å². The fourth-order valence-electron chi connectivity index (χ4n) is 4.95. The number of hydrogen-bond acceptors (Lipinski definition) is 7. The largest absolute Gasteiger partial charge is 0.376 e. The molecular weight excluding hydrogens is 434 g/mol. The first-order valence-electron chi connectivity index (χ1n) is 12.2. The second-order valence-corrected chi connectivity index (χ2v) is 10.3. The zero-order valence-corrected chi connectivity index (χ0v) is 20.6. The van der Waals surface area contributed by atoms with Crippen LogP contribution in [0.1, 0.15) is 68.8 Å². The molecule has 0 unspecified atom stereocenters. The molecule has 1 atom stereocenters. The number of hydrogen-bond donors (Lipinski definition) is 1. The van der Waals surface area contributed by atoms with E-state index in [1.54, 1.807) is 4.90 Å². The Hall–Kier alpha value is -2.70. The van der Waals surface area contributed by atoms with Gasteiger partial charge in [-0.3, -0.25) is 9.59 Å². The lowest BCUT2D eigenvalue weighted by Gasteiger charge is -2.38. The summed E-state index contributed by atoms with van der Waals surface area (Å²) in [4.78, 5) is 33.6. The fraction of sp³-hybridized carbons (Fsp3) is 0.680. The number of piperazine rings is 1. The number of nitrogens with one attached hydrogen (secondary N) is 1. The van der Waals surface area contributed by atoms with Gasteiger partial charge in [-0.1, -0.05) is 13.8 Å². The van der Waals surface area contributed by atoms with Crippen molar-refractivity contribution in [3.8, 4) is 6.07 Å². The number of anilines is 1. The summed E-state index contributed by atoms with van der Waals surface area (Å²) in [6, 6.07) is 2.40. The Bertz CT molecular complexity index is 986. The molecule has 9 nitrogen and oxygen atoms in total. The van der Waals surface area contributed by atoms with Crippen LogP contribution in [0.4, 0.5) is 5.82 Å². The van der Waals surface area contributed by atoms with E-state index in [1.165, 1.54) is 0 Å². The first-order valence-corrected chi connectivity index (χ1v) is 12.2. The molecule has 1 aromatic heterocycles. The predicted octanol–water partition coefficient (Wildman–Crippen LogP) is 1.87. The zero-order valence-electron chi connectivity index (χ0n) is 20.6. The molecule has 0 bridgehead atoms. The number of pyridine rings is 1. The Balaban J connectivity index is 1.47. The minimum absolute atomic E-state index is 0.00128. The summed E-state index contributed by atoms with van der Waals surface area (Å²) in [6.45, 7) is 11.7. The van der Waals surface area contributed by atoms with E-state index in [4.69, 9.17) is 14.5 Å². The van der Waals surface area contributed by atoms with Gasteiger partial charge in [-0.2, -0.15) is 5.26 Å². The molecule has 3 aliphatic rings. The van der Waals surface area contributed by atoms with Crippen molar-refractivity contribution < 1.29 is 19.1 Å². The van der Waals surface area contributed by atoms with Gasteiger partial charge >= 0.3 is 11.8 Å². The first kappa shape index (κ1) is 24.4. The number of nitrogens with zero attached hydrogens (tertiary/aromatic N) is 4. The van der Waals surface area contributed by atoms with Gasteiger partial charge in [0.05, 0.1) is 29.6 Å². The van der Waals surface area contributed by atoms with Gasteiger partial charge in [-0.15, -0.1) is 0 Å². The molecule has 0 aromatic carbocycles. The molecular formula is C25H35N5O4. The van der Waals surface area contributed by atoms with Crippen molar-refractivity contribution in [3.05, 3.63) is 22.4 Å². The number of ether oxygens (including phenoxy) is 2. The van der Waals surface area contributed by atoms with Gasteiger partial charge in [0.2, 0.25) is 0 Å². The predicted molar refractivity (Wildman–Crippen MR) is 126 cm³/mol. The molecule has 0 saturated carbocycles. The van der Waals surface area contributed by atoms with Crippen LogP contribution < -0.4 is 10.2 Å². The van der Waals surface area contributed by atoms with Crippen LogP contribution in [-0.4, -0.2) is 72.7 Å². The van der Waals surface area contributed by atoms with E-state index in [-0.39, 0.29) is 17.6 Å². The van der Waals surface area contributed by atoms with Crippen molar-refractivity contribution >= 4 is 17.6 Å². The number of nitriles is 1. The standard InChI is InChI=1S/C25H35N5O4/c1-16(2)21-20-15-34-25(3,4)12-18(20)19(13-26)22(28-21)29-7-9-30(10-8-29)24(32)23(31)27-14-17-6-5-11-33-17/h16-17H,5-12,14-15H2,1-4H3,(H,27,31)/t17-/m0/s1. The van der Waals surface area contributed by atoms with Crippen molar-refractivity contribution in [2.24, 2.45) is 0 Å². The van der Waals surface area contributed by atoms with Gasteiger partial charge in [0, 0.05) is 51.3 Å². The Morgan fingerprint density at radius 1 is 1.24 bits per heavy atom. The highest BCUT2D eigenvalue weighted by atomic mass is 16.5. The van der Waals surface area contributed by atoms with Crippen LogP contribution in [0.2, 0.25) is 0 Å². The quantitative estimate of drug-likeness (QED) is 0.671. The smallest absolute Gasteiger partial charge is 0.312 e. The van der Waals surface area contributed by atoms with Crippen molar-refractivity contribution in [2.45, 2.75) is 71.2 Å². The number of fused-ring (bicyclic) bond motifs is 1. The van der Waals surface area contributed by atoms with Gasteiger partial charge in [-0.25, -0.2) is 4.98 Å². The van der Waals surface area contributed by atoms with Gasteiger partial charge in [0.15, 0.2) is 0 Å². The summed E-state index contributed by atoms with van der Waals surface area (Å²) >= 11 is 0. The average Bonchev–Trinajstić information content (AvgIpc) is 3.34. The van der Waals surface area contributed by atoms with Crippen LogP contribution in [0.25, 0.3) is 0 Å². The fourth-order valence-corrected chi connectivity index (χ4v) is 4.95. The second kappa shape index (κ2) is 9.88. The molecule has 2 saturated heterocycles. The normalized spacial score (nSPS) is 21.8. The minimum Gasteiger partial charge on any atom is -0.376 e. The van der Waals surface area contributed by atoms with Gasteiger partial charge < -0.3 is 24.6 Å². The Labute approximate surface area is 201 Å². The lowest BCUT2D eigenvalue weighted by Crippen LogP contribution is -2.53. The van der Waals surface area contributed by atoms with Crippen molar-refractivity contribution in [1.29, 1.82) is 5.26 Å². The molecule has 0 aliphatic carbocycles. The van der Waals surface area contributed by atoms with Crippen LogP contribution in [0.15, 0.2) is 0 Å². The monoisotopic (exact) mass is 469 g/mol. The Kier molecular flexibility index (Phi) is 7.10. The number of carbonyl (C=O) groups excluding carboxylic acids is 2. The van der Waals surface area contributed by atoms with Crippen molar-refractivity contribution in [3.63, 3.8) is 0 Å². The molecule has 34 heavy (non-hydrogen) atoms. The highest BCUT2D eigenvalue weighted by Gasteiger charge is 2.34.